The molecule has 0 spiro atoms. The first-order chi connectivity index (χ1) is 14.0. The third kappa shape index (κ3) is 4.71. The Morgan fingerprint density at radius 3 is 2.59 bits per heavy atom. The van der Waals surface area contributed by atoms with Gasteiger partial charge in [0.15, 0.2) is 0 Å². The molecule has 0 saturated carbocycles. The maximum atomic E-state index is 12.4. The molecule has 6 heteroatoms. The van der Waals surface area contributed by atoms with Crippen molar-refractivity contribution < 1.29 is 18.7 Å². The van der Waals surface area contributed by atoms with E-state index < -0.39 is 11.6 Å². The molecular formula is C23H19NO5. The predicted octanol–water partition coefficient (Wildman–Crippen LogP) is 4.01. The van der Waals surface area contributed by atoms with Gasteiger partial charge in [0.1, 0.15) is 29.6 Å². The molecule has 29 heavy (non-hydrogen) atoms. The molecule has 0 bridgehead atoms. The van der Waals surface area contributed by atoms with E-state index in [1.165, 1.54) is 12.1 Å². The van der Waals surface area contributed by atoms with Gasteiger partial charge in [-0.1, -0.05) is 31.2 Å². The van der Waals surface area contributed by atoms with Gasteiger partial charge in [-0.15, -0.1) is 0 Å². The van der Waals surface area contributed by atoms with Crippen LogP contribution in [-0.2, 0) is 22.6 Å². The number of ether oxygens (including phenoxy) is 2. The van der Waals surface area contributed by atoms with Gasteiger partial charge in [-0.05, 0) is 41.8 Å². The van der Waals surface area contributed by atoms with E-state index in [2.05, 4.69) is 0 Å². The number of esters is 1. The first-order valence-corrected chi connectivity index (χ1v) is 9.02. The molecule has 1 aromatic heterocycles. The average Bonchev–Trinajstić information content (AvgIpc) is 2.75. The molecule has 3 rings (SSSR count). The highest BCUT2D eigenvalue weighted by atomic mass is 16.5. The molecular weight excluding hydrogens is 370 g/mol. The molecule has 0 amide bonds. The lowest BCUT2D eigenvalue weighted by Crippen LogP contribution is -2.09. The Bertz CT molecular complexity index is 1170. The third-order valence-corrected chi connectivity index (χ3v) is 4.43. The number of rotatable bonds is 6. The highest BCUT2D eigenvalue weighted by molar-refractivity contribution is 5.98. The zero-order valence-corrected chi connectivity index (χ0v) is 16.1. The molecule has 0 aliphatic carbocycles. The standard InChI is InChI=1S/C23H19NO5/c1-3-15-6-9-20-18(12-22(25)29-21(20)11-15)14-28-23(26)17(13-24)10-16-4-7-19(27-2)8-5-16/h4-12H,3,14H2,1-2H3/b17-10+. The van der Waals surface area contributed by atoms with E-state index in [4.69, 9.17) is 13.9 Å². The van der Waals surface area contributed by atoms with Gasteiger partial charge in [-0.3, -0.25) is 0 Å². The minimum absolute atomic E-state index is 0.143. The van der Waals surface area contributed by atoms with Gasteiger partial charge in [0.2, 0.25) is 0 Å². The summed E-state index contributed by atoms with van der Waals surface area (Å²) in [6.07, 6.45) is 2.24. The quantitative estimate of drug-likeness (QED) is 0.274. The molecule has 146 valence electrons. The normalized spacial score (nSPS) is 11.1. The van der Waals surface area contributed by atoms with Gasteiger partial charge in [0, 0.05) is 17.0 Å². The van der Waals surface area contributed by atoms with Crippen LogP contribution < -0.4 is 10.4 Å². The van der Waals surface area contributed by atoms with Crippen molar-refractivity contribution in [1.29, 1.82) is 5.26 Å². The van der Waals surface area contributed by atoms with Gasteiger partial charge in [-0.25, -0.2) is 9.59 Å². The minimum atomic E-state index is -0.769. The second-order valence-corrected chi connectivity index (χ2v) is 6.29. The van der Waals surface area contributed by atoms with E-state index in [1.54, 1.807) is 37.4 Å². The Kier molecular flexibility index (Phi) is 6.10. The van der Waals surface area contributed by atoms with E-state index in [0.717, 1.165) is 12.0 Å². The van der Waals surface area contributed by atoms with Crippen LogP contribution in [0.4, 0.5) is 0 Å². The third-order valence-electron chi connectivity index (χ3n) is 4.43. The van der Waals surface area contributed by atoms with Crippen LogP contribution in [0.2, 0.25) is 0 Å². The summed E-state index contributed by atoms with van der Waals surface area (Å²) in [5.41, 5.74) is 1.99. The molecule has 0 aliphatic rings. The fraction of sp³-hybridized carbons (Fsp3) is 0.174. The van der Waals surface area contributed by atoms with Crippen LogP contribution in [0.5, 0.6) is 5.75 Å². The van der Waals surface area contributed by atoms with Gasteiger partial charge >= 0.3 is 11.6 Å². The number of aryl methyl sites for hydroxylation is 1. The van der Waals surface area contributed by atoms with Gasteiger partial charge in [0.05, 0.1) is 7.11 Å². The van der Waals surface area contributed by atoms with Crippen molar-refractivity contribution in [1.82, 2.24) is 0 Å². The van der Waals surface area contributed by atoms with Crippen molar-refractivity contribution in [3.63, 3.8) is 0 Å². The fourth-order valence-electron chi connectivity index (χ4n) is 2.84. The lowest BCUT2D eigenvalue weighted by atomic mass is 10.1. The molecule has 0 fully saturated rings. The van der Waals surface area contributed by atoms with Gasteiger partial charge in [0.25, 0.3) is 0 Å². The fourth-order valence-corrected chi connectivity index (χ4v) is 2.84. The van der Waals surface area contributed by atoms with E-state index in [0.29, 0.717) is 27.8 Å². The summed E-state index contributed by atoms with van der Waals surface area (Å²) in [6.45, 7) is 1.86. The van der Waals surface area contributed by atoms with E-state index in [1.807, 2.05) is 25.1 Å². The number of fused-ring (bicyclic) bond motifs is 1. The van der Waals surface area contributed by atoms with Gasteiger partial charge in [-0.2, -0.15) is 5.26 Å². The Morgan fingerprint density at radius 1 is 1.17 bits per heavy atom. The van der Waals surface area contributed by atoms with Crippen LogP contribution in [0.1, 0.15) is 23.6 Å². The SMILES string of the molecule is CCc1ccc2c(COC(=O)/C(C#N)=C/c3ccc(OC)cc3)cc(=O)oc2c1. The molecule has 0 unspecified atom stereocenters. The molecule has 0 aliphatic heterocycles. The predicted molar refractivity (Wildman–Crippen MR) is 108 cm³/mol. The Hall–Kier alpha value is -3.85. The summed E-state index contributed by atoms with van der Waals surface area (Å²) in [7, 11) is 1.56. The topological polar surface area (TPSA) is 89.5 Å². The maximum Gasteiger partial charge on any atom is 0.349 e. The largest absolute Gasteiger partial charge is 0.497 e. The molecule has 0 N–H and O–H groups in total. The van der Waals surface area contributed by atoms with Gasteiger partial charge < -0.3 is 13.9 Å². The summed E-state index contributed by atoms with van der Waals surface area (Å²) in [5.74, 6) is -0.0980. The summed E-state index contributed by atoms with van der Waals surface area (Å²) < 4.78 is 15.6. The van der Waals surface area contributed by atoms with Crippen LogP contribution in [0.25, 0.3) is 17.0 Å². The van der Waals surface area contributed by atoms with E-state index >= 15 is 0 Å². The highest BCUT2D eigenvalue weighted by Crippen LogP contribution is 2.20. The summed E-state index contributed by atoms with van der Waals surface area (Å²) in [5, 5.41) is 10.0. The highest BCUT2D eigenvalue weighted by Gasteiger charge is 2.13. The second kappa shape index (κ2) is 8.89. The zero-order chi connectivity index (χ0) is 20.8. The molecule has 3 aromatic rings. The second-order valence-electron chi connectivity index (χ2n) is 6.29. The van der Waals surface area contributed by atoms with Crippen LogP contribution in [0, 0.1) is 11.3 Å². The first kappa shape index (κ1) is 19.9. The number of nitriles is 1. The minimum Gasteiger partial charge on any atom is -0.497 e. The lowest BCUT2D eigenvalue weighted by Gasteiger charge is -2.08. The molecule has 0 radical (unpaired) electrons. The number of hydrogen-bond acceptors (Lipinski definition) is 6. The van der Waals surface area contributed by atoms with Crippen molar-refractivity contribution in [3.05, 3.63) is 81.2 Å². The summed E-state index contributed by atoms with van der Waals surface area (Å²) in [4.78, 5) is 24.2. The van der Waals surface area contributed by atoms with Crippen LogP contribution in [0.15, 0.2) is 63.3 Å². The first-order valence-electron chi connectivity index (χ1n) is 9.02. The Morgan fingerprint density at radius 2 is 1.93 bits per heavy atom. The number of methoxy groups -OCH3 is 1. The van der Waals surface area contributed by atoms with Crippen molar-refractivity contribution in [3.8, 4) is 11.8 Å². The van der Waals surface area contributed by atoms with Crippen molar-refractivity contribution >= 4 is 23.0 Å². The molecule has 0 atom stereocenters. The maximum absolute atomic E-state index is 12.4. The molecule has 6 nitrogen and oxygen atoms in total. The average molecular weight is 389 g/mol. The van der Waals surface area contributed by atoms with E-state index in [-0.39, 0.29) is 12.2 Å². The molecule has 2 aromatic carbocycles. The Labute approximate surface area is 167 Å². The van der Waals surface area contributed by atoms with Crippen molar-refractivity contribution in [2.45, 2.75) is 20.0 Å². The lowest BCUT2D eigenvalue weighted by molar-refractivity contribution is -0.139. The smallest absolute Gasteiger partial charge is 0.349 e. The van der Waals surface area contributed by atoms with Crippen LogP contribution >= 0.6 is 0 Å². The molecule has 0 saturated heterocycles. The number of nitrogens with zero attached hydrogens (tertiary/aromatic N) is 1. The molecule has 1 heterocycles. The zero-order valence-electron chi connectivity index (χ0n) is 16.1. The summed E-state index contributed by atoms with van der Waals surface area (Å²) >= 11 is 0. The van der Waals surface area contributed by atoms with E-state index in [9.17, 15) is 14.9 Å². The van der Waals surface area contributed by atoms with Crippen LogP contribution in [-0.4, -0.2) is 13.1 Å². The number of carbonyl (C=O) groups excluding carboxylic acids is 1. The number of carbonyl (C=O) groups is 1. The van der Waals surface area contributed by atoms with Crippen LogP contribution in [0.3, 0.4) is 0 Å². The Balaban J connectivity index is 1.81. The summed E-state index contributed by atoms with van der Waals surface area (Å²) in [6, 6.07) is 15.6. The number of benzene rings is 2. The van der Waals surface area contributed by atoms with Crippen molar-refractivity contribution in [2.24, 2.45) is 0 Å². The number of hydrogen-bond donors (Lipinski definition) is 0. The van der Waals surface area contributed by atoms with Crippen molar-refractivity contribution in [2.75, 3.05) is 7.11 Å². The monoisotopic (exact) mass is 389 g/mol.